The first-order valence-electron chi connectivity index (χ1n) is 6.95. The minimum absolute atomic E-state index is 0.0427. The van der Waals surface area contributed by atoms with Crippen LogP contribution in [0, 0.1) is 5.82 Å². The third kappa shape index (κ3) is 2.73. The van der Waals surface area contributed by atoms with E-state index in [0.29, 0.717) is 13.1 Å². The van der Waals surface area contributed by atoms with Crippen LogP contribution in [0.5, 0.6) is 0 Å². The number of piperazine rings is 1. The highest BCUT2D eigenvalue weighted by Gasteiger charge is 2.47. The number of carbonyl (C=O) groups excluding carboxylic acids is 1. The standard InChI is InChI=1S/C14H16ClFN2O3S/c1-17-4-5-18(13-8-22(20,21)7-12(13)17)14(19)10-3-2-9(15)6-11(10)16/h2-3,6,12-13H,4-5,7-8H2,1H3/t12-,13+/m1/s1. The molecule has 2 atom stereocenters. The van der Waals surface area contributed by atoms with E-state index >= 15 is 0 Å². The lowest BCUT2D eigenvalue weighted by Crippen LogP contribution is -2.59. The fourth-order valence-corrected chi connectivity index (χ4v) is 5.41. The Kier molecular flexibility index (Phi) is 3.91. The molecule has 0 aromatic heterocycles. The van der Waals surface area contributed by atoms with Crippen molar-refractivity contribution in [2.75, 3.05) is 31.6 Å². The molecule has 3 rings (SSSR count). The van der Waals surface area contributed by atoms with E-state index in [1.165, 1.54) is 17.0 Å². The Bertz CT molecular complexity index is 725. The molecule has 2 saturated heterocycles. The average molecular weight is 347 g/mol. The van der Waals surface area contributed by atoms with Crippen molar-refractivity contribution < 1.29 is 17.6 Å². The van der Waals surface area contributed by atoms with Gasteiger partial charge in [-0.05, 0) is 25.2 Å². The molecule has 120 valence electrons. The SMILES string of the molecule is CN1CCN(C(=O)c2ccc(Cl)cc2F)[C@H]2CS(=O)(=O)C[C@H]21. The van der Waals surface area contributed by atoms with Crippen LogP contribution in [0.25, 0.3) is 0 Å². The van der Waals surface area contributed by atoms with Crippen molar-refractivity contribution in [2.45, 2.75) is 12.1 Å². The van der Waals surface area contributed by atoms with Gasteiger partial charge in [-0.15, -0.1) is 0 Å². The fourth-order valence-electron chi connectivity index (χ4n) is 3.20. The van der Waals surface area contributed by atoms with Crippen LogP contribution < -0.4 is 0 Å². The zero-order valence-electron chi connectivity index (χ0n) is 12.0. The third-order valence-electron chi connectivity index (χ3n) is 4.38. The number of carbonyl (C=O) groups is 1. The highest BCUT2D eigenvalue weighted by Crippen LogP contribution is 2.28. The zero-order valence-corrected chi connectivity index (χ0v) is 13.6. The summed E-state index contributed by atoms with van der Waals surface area (Å²) in [5.74, 6) is -1.19. The molecule has 0 spiro atoms. The number of sulfone groups is 1. The van der Waals surface area contributed by atoms with Crippen LogP contribution in [0.4, 0.5) is 4.39 Å². The van der Waals surface area contributed by atoms with E-state index in [1.54, 1.807) is 0 Å². The van der Waals surface area contributed by atoms with Crippen LogP contribution in [-0.2, 0) is 9.84 Å². The lowest BCUT2D eigenvalue weighted by Gasteiger charge is -2.42. The normalized spacial score (nSPS) is 27.7. The van der Waals surface area contributed by atoms with Crippen LogP contribution >= 0.6 is 11.6 Å². The van der Waals surface area contributed by atoms with E-state index < -0.39 is 27.6 Å². The van der Waals surface area contributed by atoms with E-state index in [-0.39, 0.29) is 28.1 Å². The molecule has 2 aliphatic rings. The summed E-state index contributed by atoms with van der Waals surface area (Å²) in [4.78, 5) is 16.1. The van der Waals surface area contributed by atoms with Crippen LogP contribution in [0.15, 0.2) is 18.2 Å². The van der Waals surface area contributed by atoms with Gasteiger partial charge in [0.25, 0.3) is 5.91 Å². The largest absolute Gasteiger partial charge is 0.332 e. The molecule has 1 aromatic rings. The van der Waals surface area contributed by atoms with Crippen molar-refractivity contribution in [2.24, 2.45) is 0 Å². The summed E-state index contributed by atoms with van der Waals surface area (Å²) in [5, 5.41) is 0.216. The van der Waals surface area contributed by atoms with Gasteiger partial charge in [-0.3, -0.25) is 9.69 Å². The number of likely N-dealkylation sites (N-methyl/N-ethyl adjacent to an activating group) is 1. The second-order valence-electron chi connectivity index (χ2n) is 5.81. The molecule has 5 nitrogen and oxygen atoms in total. The Hall–Kier alpha value is -1.18. The minimum Gasteiger partial charge on any atom is -0.332 e. The number of hydrogen-bond acceptors (Lipinski definition) is 4. The number of nitrogens with zero attached hydrogens (tertiary/aromatic N) is 2. The van der Waals surface area contributed by atoms with Crippen LogP contribution in [0.1, 0.15) is 10.4 Å². The molecule has 0 aliphatic carbocycles. The highest BCUT2D eigenvalue weighted by atomic mass is 35.5. The van der Waals surface area contributed by atoms with Gasteiger partial charge in [-0.2, -0.15) is 0 Å². The summed E-state index contributed by atoms with van der Waals surface area (Å²) < 4.78 is 37.8. The molecule has 1 amide bonds. The summed E-state index contributed by atoms with van der Waals surface area (Å²) in [7, 11) is -1.33. The number of amides is 1. The Balaban J connectivity index is 1.92. The number of benzene rings is 1. The smallest absolute Gasteiger partial charge is 0.257 e. The van der Waals surface area contributed by atoms with Gasteiger partial charge in [0.1, 0.15) is 5.82 Å². The molecular formula is C14H16ClFN2O3S. The molecular weight excluding hydrogens is 331 g/mol. The van der Waals surface area contributed by atoms with Crippen molar-refractivity contribution in [3.63, 3.8) is 0 Å². The summed E-state index contributed by atoms with van der Waals surface area (Å²) in [6.45, 7) is 0.950. The number of hydrogen-bond donors (Lipinski definition) is 0. The van der Waals surface area contributed by atoms with Gasteiger partial charge in [-0.25, -0.2) is 12.8 Å². The lowest BCUT2D eigenvalue weighted by atomic mass is 10.0. The maximum atomic E-state index is 14.0. The van der Waals surface area contributed by atoms with E-state index in [2.05, 4.69) is 0 Å². The van der Waals surface area contributed by atoms with E-state index in [4.69, 9.17) is 11.6 Å². The van der Waals surface area contributed by atoms with Gasteiger partial charge in [-0.1, -0.05) is 11.6 Å². The fraction of sp³-hybridized carbons (Fsp3) is 0.500. The van der Waals surface area contributed by atoms with Crippen LogP contribution in [-0.4, -0.2) is 67.9 Å². The Morgan fingerprint density at radius 1 is 1.27 bits per heavy atom. The Morgan fingerprint density at radius 3 is 2.64 bits per heavy atom. The molecule has 0 N–H and O–H groups in total. The topological polar surface area (TPSA) is 57.7 Å². The van der Waals surface area contributed by atoms with Crippen molar-refractivity contribution >= 4 is 27.3 Å². The summed E-state index contributed by atoms with van der Waals surface area (Å²) in [6.07, 6.45) is 0. The summed E-state index contributed by atoms with van der Waals surface area (Å²) in [6, 6.07) is 3.24. The molecule has 2 aliphatic heterocycles. The summed E-state index contributed by atoms with van der Waals surface area (Å²) >= 11 is 5.70. The van der Waals surface area contributed by atoms with E-state index in [1.807, 2.05) is 11.9 Å². The van der Waals surface area contributed by atoms with Crippen molar-refractivity contribution in [1.82, 2.24) is 9.80 Å². The van der Waals surface area contributed by atoms with Gasteiger partial charge in [0, 0.05) is 24.2 Å². The quantitative estimate of drug-likeness (QED) is 0.762. The monoisotopic (exact) mass is 346 g/mol. The molecule has 22 heavy (non-hydrogen) atoms. The van der Waals surface area contributed by atoms with Crippen LogP contribution in [0.3, 0.4) is 0 Å². The highest BCUT2D eigenvalue weighted by molar-refractivity contribution is 7.91. The van der Waals surface area contributed by atoms with Crippen molar-refractivity contribution in [3.05, 3.63) is 34.6 Å². The van der Waals surface area contributed by atoms with Gasteiger partial charge >= 0.3 is 0 Å². The number of rotatable bonds is 1. The second-order valence-corrected chi connectivity index (χ2v) is 8.41. The van der Waals surface area contributed by atoms with E-state index in [9.17, 15) is 17.6 Å². The predicted molar refractivity (Wildman–Crippen MR) is 81.3 cm³/mol. The predicted octanol–water partition coefficient (Wildman–Crippen LogP) is 1.03. The first kappa shape index (κ1) is 15.7. The third-order valence-corrected chi connectivity index (χ3v) is 6.31. The summed E-state index contributed by atoms with van der Waals surface area (Å²) in [5.41, 5.74) is -0.0722. The first-order valence-corrected chi connectivity index (χ1v) is 9.15. The minimum atomic E-state index is -3.18. The zero-order chi connectivity index (χ0) is 16.1. The van der Waals surface area contributed by atoms with Crippen molar-refractivity contribution in [3.8, 4) is 0 Å². The second kappa shape index (κ2) is 5.47. The number of halogens is 2. The maximum Gasteiger partial charge on any atom is 0.257 e. The van der Waals surface area contributed by atoms with Crippen LogP contribution in [0.2, 0.25) is 5.02 Å². The number of fused-ring (bicyclic) bond motifs is 1. The average Bonchev–Trinajstić information content (AvgIpc) is 2.75. The first-order chi connectivity index (χ1) is 10.3. The molecule has 2 heterocycles. The Labute approximate surface area is 133 Å². The molecule has 0 radical (unpaired) electrons. The van der Waals surface area contributed by atoms with Crippen molar-refractivity contribution in [1.29, 1.82) is 0 Å². The molecule has 0 saturated carbocycles. The Morgan fingerprint density at radius 2 is 1.95 bits per heavy atom. The molecule has 2 fully saturated rings. The maximum absolute atomic E-state index is 14.0. The van der Waals surface area contributed by atoms with Gasteiger partial charge < -0.3 is 4.90 Å². The molecule has 0 bridgehead atoms. The molecule has 8 heteroatoms. The van der Waals surface area contributed by atoms with E-state index in [0.717, 1.165) is 6.07 Å². The molecule has 1 aromatic carbocycles. The van der Waals surface area contributed by atoms with Gasteiger partial charge in [0.15, 0.2) is 9.84 Å². The molecule has 0 unspecified atom stereocenters. The lowest BCUT2D eigenvalue weighted by molar-refractivity contribution is 0.0406. The van der Waals surface area contributed by atoms with Gasteiger partial charge in [0.2, 0.25) is 0 Å². The van der Waals surface area contributed by atoms with Gasteiger partial charge in [0.05, 0.1) is 23.1 Å².